The topological polar surface area (TPSA) is 60.9 Å². The van der Waals surface area contributed by atoms with E-state index in [9.17, 15) is 17.6 Å². The first-order valence-electron chi connectivity index (χ1n) is 10.8. The third-order valence-electron chi connectivity index (χ3n) is 6.22. The van der Waals surface area contributed by atoms with E-state index < -0.39 is 10.0 Å². The number of hydrogen-bond donors (Lipinski definition) is 0. The predicted octanol–water partition coefficient (Wildman–Crippen LogP) is 3.48. The number of hydrogen-bond acceptors (Lipinski definition) is 4. The molecule has 6 nitrogen and oxygen atoms in total. The molecule has 1 amide bonds. The van der Waals surface area contributed by atoms with Gasteiger partial charge in [0, 0.05) is 49.7 Å². The first-order chi connectivity index (χ1) is 15.3. The van der Waals surface area contributed by atoms with Crippen LogP contribution in [-0.4, -0.2) is 62.8 Å². The fourth-order valence-electron chi connectivity index (χ4n) is 4.44. The van der Waals surface area contributed by atoms with Gasteiger partial charge in [0.25, 0.3) is 0 Å². The van der Waals surface area contributed by atoms with Crippen molar-refractivity contribution in [1.82, 2.24) is 9.21 Å². The van der Waals surface area contributed by atoms with Gasteiger partial charge >= 0.3 is 0 Å². The second kappa shape index (κ2) is 9.89. The number of carbonyl (C=O) groups is 1. The third kappa shape index (κ3) is 5.32. The summed E-state index contributed by atoms with van der Waals surface area (Å²) in [5, 5.41) is 0. The predicted molar refractivity (Wildman–Crippen MR) is 126 cm³/mol. The first-order valence-corrected chi connectivity index (χ1v) is 13.2. The normalized spacial score (nSPS) is 18.7. The number of piperazine rings is 1. The van der Waals surface area contributed by atoms with Crippen LogP contribution in [0.25, 0.3) is 0 Å². The lowest BCUT2D eigenvalue weighted by atomic mass is 9.96. The standard InChI is InChI=1S/C23H27BrFN3O3S/c24-20-5-3-4-18(16-20)17-32(30,31)28-10-8-19(9-11-28)23(29)27-14-12-26(13-15-27)22-7-2-1-6-21(22)25/h1-7,16,19H,8-15,17H2. The molecule has 4 rings (SSSR count). The van der Waals surface area contributed by atoms with E-state index in [1.54, 1.807) is 18.2 Å². The van der Waals surface area contributed by atoms with Gasteiger partial charge in [0.1, 0.15) is 5.82 Å². The number of benzene rings is 2. The summed E-state index contributed by atoms with van der Waals surface area (Å²) in [6.45, 7) is 3.01. The van der Waals surface area contributed by atoms with Crippen LogP contribution in [-0.2, 0) is 20.6 Å². The maximum absolute atomic E-state index is 14.0. The van der Waals surface area contributed by atoms with Crippen LogP contribution in [0.5, 0.6) is 0 Å². The monoisotopic (exact) mass is 523 g/mol. The average Bonchev–Trinajstić information content (AvgIpc) is 2.79. The number of sulfonamides is 1. The number of rotatable bonds is 5. The molecule has 0 N–H and O–H groups in total. The minimum Gasteiger partial charge on any atom is -0.366 e. The zero-order chi connectivity index (χ0) is 22.7. The van der Waals surface area contributed by atoms with E-state index in [0.717, 1.165) is 10.0 Å². The quantitative estimate of drug-likeness (QED) is 0.601. The Balaban J connectivity index is 1.29. The Bertz CT molecular complexity index is 1070. The third-order valence-corrected chi connectivity index (χ3v) is 8.56. The molecule has 0 radical (unpaired) electrons. The van der Waals surface area contributed by atoms with Gasteiger partial charge in [-0.1, -0.05) is 40.2 Å². The number of piperidine rings is 1. The van der Waals surface area contributed by atoms with Gasteiger partial charge in [0.15, 0.2) is 0 Å². The van der Waals surface area contributed by atoms with Gasteiger partial charge in [0.05, 0.1) is 11.4 Å². The smallest absolute Gasteiger partial charge is 0.225 e. The molecule has 9 heteroatoms. The van der Waals surface area contributed by atoms with Crippen LogP contribution in [0.4, 0.5) is 10.1 Å². The molecule has 2 heterocycles. The minimum atomic E-state index is -3.42. The van der Waals surface area contributed by atoms with Crippen molar-refractivity contribution in [3.05, 3.63) is 64.4 Å². The summed E-state index contributed by atoms with van der Waals surface area (Å²) in [5.74, 6) is -0.360. The van der Waals surface area contributed by atoms with Crippen molar-refractivity contribution in [2.24, 2.45) is 5.92 Å². The average molecular weight is 524 g/mol. The number of amides is 1. The van der Waals surface area contributed by atoms with Gasteiger partial charge in [-0.15, -0.1) is 0 Å². The Hall–Kier alpha value is -1.97. The van der Waals surface area contributed by atoms with Crippen LogP contribution in [0, 0.1) is 11.7 Å². The van der Waals surface area contributed by atoms with Crippen molar-refractivity contribution in [2.75, 3.05) is 44.2 Å². The van der Waals surface area contributed by atoms with Crippen LogP contribution >= 0.6 is 15.9 Å². The molecule has 0 bridgehead atoms. The fraction of sp³-hybridized carbons (Fsp3) is 0.435. The van der Waals surface area contributed by atoms with Crippen molar-refractivity contribution in [3.8, 4) is 0 Å². The highest BCUT2D eigenvalue weighted by molar-refractivity contribution is 9.10. The second-order valence-corrected chi connectivity index (χ2v) is 11.2. The van der Waals surface area contributed by atoms with Crippen LogP contribution in [0.1, 0.15) is 18.4 Å². The fourth-order valence-corrected chi connectivity index (χ4v) is 6.44. The van der Waals surface area contributed by atoms with Gasteiger partial charge in [-0.2, -0.15) is 0 Å². The molecule has 2 saturated heterocycles. The number of halogens is 2. The van der Waals surface area contributed by atoms with Gasteiger partial charge in [-0.25, -0.2) is 17.1 Å². The molecule has 0 aliphatic carbocycles. The van der Waals surface area contributed by atoms with Gasteiger partial charge < -0.3 is 9.80 Å². The largest absolute Gasteiger partial charge is 0.366 e. The summed E-state index contributed by atoms with van der Waals surface area (Å²) < 4.78 is 42.0. The Morgan fingerprint density at radius 1 is 0.969 bits per heavy atom. The van der Waals surface area contributed by atoms with E-state index in [-0.39, 0.29) is 23.4 Å². The van der Waals surface area contributed by atoms with Crippen molar-refractivity contribution in [2.45, 2.75) is 18.6 Å². The summed E-state index contributed by atoms with van der Waals surface area (Å²) in [6.07, 6.45) is 1.06. The molecular weight excluding hydrogens is 497 g/mol. The molecule has 0 atom stereocenters. The number of anilines is 1. The summed E-state index contributed by atoms with van der Waals surface area (Å²) in [7, 11) is -3.42. The molecule has 0 aromatic heterocycles. The lowest BCUT2D eigenvalue weighted by Gasteiger charge is -2.39. The first kappa shape index (κ1) is 23.2. The number of nitrogens with zero attached hydrogens (tertiary/aromatic N) is 3. The van der Waals surface area contributed by atoms with E-state index in [4.69, 9.17) is 0 Å². The SMILES string of the molecule is O=C(C1CCN(S(=O)(=O)Cc2cccc(Br)c2)CC1)N1CCN(c2ccccc2F)CC1. The van der Waals surface area contributed by atoms with Gasteiger partial charge in [-0.3, -0.25) is 4.79 Å². The highest BCUT2D eigenvalue weighted by Crippen LogP contribution is 2.26. The van der Waals surface area contributed by atoms with Crippen LogP contribution in [0.3, 0.4) is 0 Å². The lowest BCUT2D eigenvalue weighted by Crippen LogP contribution is -2.52. The van der Waals surface area contributed by atoms with Gasteiger partial charge in [0.2, 0.25) is 15.9 Å². The Kier molecular flexibility index (Phi) is 7.17. The maximum Gasteiger partial charge on any atom is 0.225 e. The van der Waals surface area contributed by atoms with Crippen LogP contribution in [0.2, 0.25) is 0 Å². The van der Waals surface area contributed by atoms with E-state index in [2.05, 4.69) is 15.9 Å². The minimum absolute atomic E-state index is 0.0386. The summed E-state index contributed by atoms with van der Waals surface area (Å²) in [6, 6.07) is 14.0. The van der Waals surface area contributed by atoms with E-state index in [1.165, 1.54) is 10.4 Å². The number of carbonyl (C=O) groups excluding carboxylic acids is 1. The molecule has 0 saturated carbocycles. The molecule has 0 unspecified atom stereocenters. The molecule has 2 aliphatic heterocycles. The molecule has 2 aliphatic rings. The van der Waals surface area contributed by atoms with Crippen LogP contribution < -0.4 is 4.90 Å². The lowest BCUT2D eigenvalue weighted by molar-refractivity contribution is -0.137. The van der Waals surface area contributed by atoms with E-state index in [0.29, 0.717) is 57.8 Å². The van der Waals surface area contributed by atoms with E-state index in [1.807, 2.05) is 34.1 Å². The van der Waals surface area contributed by atoms with Crippen molar-refractivity contribution >= 4 is 37.5 Å². The second-order valence-electron chi connectivity index (χ2n) is 8.32. The highest BCUT2D eigenvalue weighted by Gasteiger charge is 2.34. The Morgan fingerprint density at radius 2 is 1.66 bits per heavy atom. The Labute approximate surface area is 197 Å². The summed E-state index contributed by atoms with van der Waals surface area (Å²) in [5.41, 5.74) is 1.31. The number of para-hydroxylation sites is 1. The zero-order valence-electron chi connectivity index (χ0n) is 17.8. The zero-order valence-corrected chi connectivity index (χ0v) is 20.2. The van der Waals surface area contributed by atoms with Crippen molar-refractivity contribution in [1.29, 1.82) is 0 Å². The highest BCUT2D eigenvalue weighted by atomic mass is 79.9. The van der Waals surface area contributed by atoms with E-state index >= 15 is 0 Å². The molecule has 2 fully saturated rings. The molecular formula is C23H27BrFN3O3S. The molecule has 2 aromatic rings. The molecule has 172 valence electrons. The molecule has 32 heavy (non-hydrogen) atoms. The maximum atomic E-state index is 14.0. The van der Waals surface area contributed by atoms with Crippen LogP contribution in [0.15, 0.2) is 53.0 Å². The van der Waals surface area contributed by atoms with Crippen molar-refractivity contribution in [3.63, 3.8) is 0 Å². The summed E-state index contributed by atoms with van der Waals surface area (Å²) in [4.78, 5) is 16.8. The van der Waals surface area contributed by atoms with Crippen molar-refractivity contribution < 1.29 is 17.6 Å². The van der Waals surface area contributed by atoms with Gasteiger partial charge in [-0.05, 0) is 42.7 Å². The summed E-state index contributed by atoms with van der Waals surface area (Å²) >= 11 is 3.38. The Morgan fingerprint density at radius 3 is 2.31 bits per heavy atom. The molecule has 2 aromatic carbocycles. The molecule has 0 spiro atoms.